The number of rotatable bonds is 7. The minimum atomic E-state index is -0.359. The van der Waals surface area contributed by atoms with E-state index < -0.39 is 0 Å². The van der Waals surface area contributed by atoms with Crippen LogP contribution in [-0.4, -0.2) is 24.5 Å². The van der Waals surface area contributed by atoms with Gasteiger partial charge in [-0.15, -0.1) is 0 Å². The number of nitrogens with two attached hydrogens (primary N) is 1. The molecule has 0 aliphatic carbocycles. The highest BCUT2D eigenvalue weighted by Gasteiger charge is 2.29. The molecule has 1 unspecified atom stereocenters. The summed E-state index contributed by atoms with van der Waals surface area (Å²) >= 11 is 0. The maximum Gasteiger partial charge on any atom is 0.0579 e. The van der Waals surface area contributed by atoms with Gasteiger partial charge in [-0.1, -0.05) is 74.0 Å². The Bertz CT molecular complexity index is 558. The van der Waals surface area contributed by atoms with Crippen LogP contribution in [0, 0.1) is 6.92 Å². The van der Waals surface area contributed by atoms with Gasteiger partial charge in [-0.05, 0) is 37.6 Å². The highest BCUT2D eigenvalue weighted by atomic mass is 15.1. The third kappa shape index (κ3) is 4.19. The molecule has 0 amide bonds. The predicted molar refractivity (Wildman–Crippen MR) is 95.0 cm³/mol. The molecule has 2 aromatic carbocycles. The van der Waals surface area contributed by atoms with Crippen molar-refractivity contribution in [1.82, 2.24) is 4.90 Å². The lowest BCUT2D eigenvalue weighted by Gasteiger charge is -2.35. The van der Waals surface area contributed by atoms with Gasteiger partial charge in [0.15, 0.2) is 0 Å². The molecule has 0 heterocycles. The first-order chi connectivity index (χ1) is 10.6. The molecule has 118 valence electrons. The van der Waals surface area contributed by atoms with Gasteiger partial charge in [0.05, 0.1) is 5.54 Å². The van der Waals surface area contributed by atoms with Crippen molar-refractivity contribution >= 4 is 0 Å². The largest absolute Gasteiger partial charge is 0.320 e. The molecule has 0 bridgehead atoms. The van der Waals surface area contributed by atoms with Crippen molar-refractivity contribution in [3.63, 3.8) is 0 Å². The smallest absolute Gasteiger partial charge is 0.0579 e. The van der Waals surface area contributed by atoms with E-state index in [-0.39, 0.29) is 5.54 Å². The summed E-state index contributed by atoms with van der Waals surface area (Å²) in [4.78, 5) is 2.40. The van der Waals surface area contributed by atoms with E-state index in [1.807, 2.05) is 6.07 Å². The van der Waals surface area contributed by atoms with Crippen LogP contribution >= 0.6 is 0 Å². The molecule has 2 rings (SSSR count). The predicted octanol–water partition coefficient (Wildman–Crippen LogP) is 3.73. The number of benzene rings is 2. The molecule has 2 heteroatoms. The van der Waals surface area contributed by atoms with Gasteiger partial charge in [0, 0.05) is 6.54 Å². The molecule has 2 nitrogen and oxygen atoms in total. The highest BCUT2D eigenvalue weighted by molar-refractivity contribution is 5.30. The molecule has 0 radical (unpaired) electrons. The number of hydrogen-bond acceptors (Lipinski definition) is 2. The average Bonchev–Trinajstić information content (AvgIpc) is 2.56. The van der Waals surface area contributed by atoms with Crippen LogP contribution in [0.3, 0.4) is 0 Å². The second kappa shape index (κ2) is 7.57. The lowest BCUT2D eigenvalue weighted by atomic mass is 9.84. The van der Waals surface area contributed by atoms with Gasteiger partial charge in [-0.2, -0.15) is 0 Å². The van der Waals surface area contributed by atoms with Crippen LogP contribution in [0.4, 0.5) is 0 Å². The summed E-state index contributed by atoms with van der Waals surface area (Å²) in [5, 5.41) is 0. The first kappa shape index (κ1) is 16.7. The van der Waals surface area contributed by atoms with E-state index in [0.29, 0.717) is 0 Å². The maximum absolute atomic E-state index is 6.90. The number of hydrogen-bond donors (Lipinski definition) is 1. The van der Waals surface area contributed by atoms with Crippen LogP contribution in [0.1, 0.15) is 30.5 Å². The third-order valence-corrected chi connectivity index (χ3v) is 4.39. The van der Waals surface area contributed by atoms with Crippen molar-refractivity contribution < 1.29 is 0 Å². The Balaban J connectivity index is 2.30. The maximum atomic E-state index is 6.90. The zero-order chi connectivity index (χ0) is 16.0. The van der Waals surface area contributed by atoms with E-state index in [1.54, 1.807) is 0 Å². The van der Waals surface area contributed by atoms with Gasteiger partial charge < -0.3 is 10.6 Å². The fourth-order valence-corrected chi connectivity index (χ4v) is 2.94. The van der Waals surface area contributed by atoms with Crippen molar-refractivity contribution in [1.29, 1.82) is 0 Å². The van der Waals surface area contributed by atoms with Crippen molar-refractivity contribution in [3.8, 4) is 0 Å². The Morgan fingerprint density at radius 2 is 1.50 bits per heavy atom. The minimum absolute atomic E-state index is 0.359. The van der Waals surface area contributed by atoms with E-state index >= 15 is 0 Å². The van der Waals surface area contributed by atoms with Crippen molar-refractivity contribution in [2.24, 2.45) is 5.73 Å². The van der Waals surface area contributed by atoms with E-state index in [2.05, 4.69) is 74.2 Å². The normalized spacial score (nSPS) is 14.0. The molecule has 0 fully saturated rings. The Labute approximate surface area is 135 Å². The van der Waals surface area contributed by atoms with Gasteiger partial charge in [0.2, 0.25) is 0 Å². The lowest BCUT2D eigenvalue weighted by Crippen LogP contribution is -2.49. The Morgan fingerprint density at radius 3 is 2.05 bits per heavy atom. The highest BCUT2D eigenvalue weighted by Crippen LogP contribution is 2.25. The average molecular weight is 296 g/mol. The van der Waals surface area contributed by atoms with Crippen LogP contribution in [0.2, 0.25) is 0 Å². The minimum Gasteiger partial charge on any atom is -0.320 e. The van der Waals surface area contributed by atoms with E-state index in [0.717, 1.165) is 26.1 Å². The number of nitrogens with zero attached hydrogens (tertiary/aromatic N) is 1. The molecule has 0 aliphatic heterocycles. The summed E-state index contributed by atoms with van der Waals surface area (Å²) in [5.74, 6) is 0. The molecule has 0 spiro atoms. The fourth-order valence-electron chi connectivity index (χ4n) is 2.94. The van der Waals surface area contributed by atoms with Crippen LogP contribution < -0.4 is 5.73 Å². The van der Waals surface area contributed by atoms with Crippen LogP contribution in [0.15, 0.2) is 54.6 Å². The molecule has 2 aromatic rings. The first-order valence-corrected chi connectivity index (χ1v) is 8.19. The summed E-state index contributed by atoms with van der Waals surface area (Å²) in [6.45, 7) is 9.43. The van der Waals surface area contributed by atoms with Gasteiger partial charge in [0.1, 0.15) is 0 Å². The number of aryl methyl sites for hydroxylation is 1. The summed E-state index contributed by atoms with van der Waals surface area (Å²) in [6.07, 6.45) is 0.855. The molecular weight excluding hydrogens is 268 g/mol. The summed E-state index contributed by atoms with van der Waals surface area (Å²) in [5.41, 5.74) is 10.3. The second-order valence-electron chi connectivity index (χ2n) is 6.15. The van der Waals surface area contributed by atoms with E-state index in [1.165, 1.54) is 16.7 Å². The molecule has 0 saturated heterocycles. The quantitative estimate of drug-likeness (QED) is 0.843. The fraction of sp³-hybridized carbons (Fsp3) is 0.400. The molecule has 0 aromatic heterocycles. The van der Waals surface area contributed by atoms with Crippen LogP contribution in [0.25, 0.3) is 0 Å². The van der Waals surface area contributed by atoms with Gasteiger partial charge >= 0.3 is 0 Å². The monoisotopic (exact) mass is 296 g/mol. The standard InChI is InChI=1S/C20H28N2/c1-4-22(5-2)16-20(21,19-9-7-6-8-10-19)15-18-13-11-17(3)12-14-18/h6-14H,4-5,15-16,21H2,1-3H3. The summed E-state index contributed by atoms with van der Waals surface area (Å²) < 4.78 is 0. The van der Waals surface area contributed by atoms with Gasteiger partial charge in [-0.25, -0.2) is 0 Å². The van der Waals surface area contributed by atoms with Crippen molar-refractivity contribution in [2.45, 2.75) is 32.7 Å². The topological polar surface area (TPSA) is 29.3 Å². The summed E-state index contributed by atoms with van der Waals surface area (Å²) in [7, 11) is 0. The Hall–Kier alpha value is -1.64. The first-order valence-electron chi connectivity index (χ1n) is 8.19. The van der Waals surface area contributed by atoms with Crippen molar-refractivity contribution in [3.05, 3.63) is 71.3 Å². The molecule has 22 heavy (non-hydrogen) atoms. The molecular formula is C20H28N2. The lowest BCUT2D eigenvalue weighted by molar-refractivity contribution is 0.224. The Kier molecular flexibility index (Phi) is 5.76. The molecule has 0 aliphatic rings. The molecule has 2 N–H and O–H groups in total. The van der Waals surface area contributed by atoms with Crippen LogP contribution in [0.5, 0.6) is 0 Å². The van der Waals surface area contributed by atoms with Crippen molar-refractivity contribution in [2.75, 3.05) is 19.6 Å². The molecule has 1 atom stereocenters. The SMILES string of the molecule is CCN(CC)CC(N)(Cc1ccc(C)cc1)c1ccccc1. The van der Waals surface area contributed by atoms with Crippen LogP contribution in [-0.2, 0) is 12.0 Å². The van der Waals surface area contributed by atoms with Gasteiger partial charge in [-0.3, -0.25) is 0 Å². The van der Waals surface area contributed by atoms with E-state index in [9.17, 15) is 0 Å². The third-order valence-electron chi connectivity index (χ3n) is 4.39. The Morgan fingerprint density at radius 1 is 0.909 bits per heavy atom. The summed E-state index contributed by atoms with van der Waals surface area (Å²) in [6, 6.07) is 19.2. The second-order valence-corrected chi connectivity index (χ2v) is 6.15. The number of likely N-dealkylation sites (N-methyl/N-ethyl adjacent to an activating group) is 1. The zero-order valence-corrected chi connectivity index (χ0v) is 14.0. The van der Waals surface area contributed by atoms with Gasteiger partial charge in [0.25, 0.3) is 0 Å². The molecule has 0 saturated carbocycles. The van der Waals surface area contributed by atoms with E-state index in [4.69, 9.17) is 5.73 Å². The zero-order valence-electron chi connectivity index (χ0n) is 14.0.